The van der Waals surface area contributed by atoms with E-state index in [0.717, 1.165) is 6.07 Å². The molecule has 1 aromatic rings. The molecule has 0 spiro atoms. The summed E-state index contributed by atoms with van der Waals surface area (Å²) in [7, 11) is 0. The van der Waals surface area contributed by atoms with Crippen LogP contribution in [0.2, 0.25) is 0 Å². The summed E-state index contributed by atoms with van der Waals surface area (Å²) in [5, 5.41) is 0. The van der Waals surface area contributed by atoms with Crippen LogP contribution in [0.15, 0.2) is 18.2 Å². The van der Waals surface area contributed by atoms with Crippen molar-refractivity contribution in [1.82, 2.24) is 0 Å². The fourth-order valence-corrected chi connectivity index (χ4v) is 1.43. The van der Waals surface area contributed by atoms with Gasteiger partial charge in [0.05, 0.1) is 0 Å². The standard InChI is InChI=1S/C11H13F4NO2/c1-6(16)4-7-2-3-8(17-10(12)13)9(5-7)18-11(14)15/h2-3,5-6,10-11H,4,16H2,1H3. The van der Waals surface area contributed by atoms with E-state index in [4.69, 9.17) is 5.73 Å². The lowest BCUT2D eigenvalue weighted by molar-refractivity contribution is -0.0692. The van der Waals surface area contributed by atoms with Gasteiger partial charge in [0.25, 0.3) is 0 Å². The van der Waals surface area contributed by atoms with Gasteiger partial charge in [0.2, 0.25) is 0 Å². The molecule has 0 aliphatic heterocycles. The molecule has 0 radical (unpaired) electrons. The number of hydrogen-bond donors (Lipinski definition) is 1. The molecule has 0 aliphatic carbocycles. The highest BCUT2D eigenvalue weighted by Crippen LogP contribution is 2.31. The molecule has 0 heterocycles. The van der Waals surface area contributed by atoms with E-state index in [9.17, 15) is 17.6 Å². The molecule has 0 bridgehead atoms. The molecule has 0 fully saturated rings. The van der Waals surface area contributed by atoms with Gasteiger partial charge in [-0.3, -0.25) is 0 Å². The molecule has 0 amide bonds. The summed E-state index contributed by atoms with van der Waals surface area (Å²) in [6, 6.07) is 3.65. The first kappa shape index (κ1) is 14.6. The van der Waals surface area contributed by atoms with Gasteiger partial charge in [-0.2, -0.15) is 17.6 Å². The number of alkyl halides is 4. The van der Waals surface area contributed by atoms with Gasteiger partial charge in [-0.05, 0) is 31.0 Å². The number of halogens is 4. The first-order valence-corrected chi connectivity index (χ1v) is 5.16. The third kappa shape index (κ3) is 4.79. The number of ether oxygens (including phenoxy) is 2. The third-order valence-electron chi connectivity index (χ3n) is 2.00. The summed E-state index contributed by atoms with van der Waals surface area (Å²) in [6.07, 6.45) is 0.411. The van der Waals surface area contributed by atoms with Gasteiger partial charge in [-0.1, -0.05) is 6.07 Å². The van der Waals surface area contributed by atoms with Crippen molar-refractivity contribution in [3.05, 3.63) is 23.8 Å². The van der Waals surface area contributed by atoms with Crippen LogP contribution in [0.4, 0.5) is 17.6 Å². The Kier molecular flexibility index (Phi) is 5.21. The normalized spacial score (nSPS) is 12.9. The smallest absolute Gasteiger partial charge is 0.387 e. The Hall–Kier alpha value is -1.50. The van der Waals surface area contributed by atoms with E-state index in [-0.39, 0.29) is 6.04 Å². The van der Waals surface area contributed by atoms with Crippen molar-refractivity contribution in [1.29, 1.82) is 0 Å². The average molecular weight is 267 g/mol. The molecule has 1 atom stereocenters. The average Bonchev–Trinajstić information content (AvgIpc) is 2.19. The quantitative estimate of drug-likeness (QED) is 0.806. The van der Waals surface area contributed by atoms with Crippen LogP contribution in [0.5, 0.6) is 11.5 Å². The fraction of sp³-hybridized carbons (Fsp3) is 0.455. The second kappa shape index (κ2) is 6.44. The number of hydrogen-bond acceptors (Lipinski definition) is 3. The Labute approximate surface area is 101 Å². The van der Waals surface area contributed by atoms with Crippen molar-refractivity contribution < 1.29 is 27.0 Å². The van der Waals surface area contributed by atoms with E-state index in [0.29, 0.717) is 12.0 Å². The molecule has 102 valence electrons. The van der Waals surface area contributed by atoms with Crippen molar-refractivity contribution >= 4 is 0 Å². The van der Waals surface area contributed by atoms with E-state index in [2.05, 4.69) is 9.47 Å². The fourth-order valence-electron chi connectivity index (χ4n) is 1.43. The van der Waals surface area contributed by atoms with Gasteiger partial charge >= 0.3 is 13.2 Å². The second-order valence-corrected chi connectivity index (χ2v) is 3.72. The highest BCUT2D eigenvalue weighted by Gasteiger charge is 2.15. The molecule has 0 saturated heterocycles. The Morgan fingerprint density at radius 3 is 2.11 bits per heavy atom. The van der Waals surface area contributed by atoms with E-state index in [1.54, 1.807) is 6.92 Å². The van der Waals surface area contributed by atoms with Crippen LogP contribution in [0.25, 0.3) is 0 Å². The van der Waals surface area contributed by atoms with Gasteiger partial charge in [-0.25, -0.2) is 0 Å². The minimum absolute atomic E-state index is 0.189. The Balaban J connectivity index is 2.96. The molecule has 1 rings (SSSR count). The Bertz CT molecular complexity index is 385. The van der Waals surface area contributed by atoms with Gasteiger partial charge in [-0.15, -0.1) is 0 Å². The maximum atomic E-state index is 12.1. The van der Waals surface area contributed by atoms with Crippen LogP contribution in [0, 0.1) is 0 Å². The number of rotatable bonds is 6. The summed E-state index contributed by atoms with van der Waals surface area (Å²) < 4.78 is 56.6. The molecular formula is C11H13F4NO2. The zero-order valence-electron chi connectivity index (χ0n) is 9.58. The minimum atomic E-state index is -3.12. The first-order chi connectivity index (χ1) is 8.38. The van der Waals surface area contributed by atoms with Crippen molar-refractivity contribution in [3.63, 3.8) is 0 Å². The lowest BCUT2D eigenvalue weighted by Gasteiger charge is -2.13. The maximum absolute atomic E-state index is 12.1. The summed E-state index contributed by atoms with van der Waals surface area (Å²) in [6.45, 7) is -4.49. The minimum Gasteiger partial charge on any atom is -0.431 e. The molecule has 0 aliphatic rings. The van der Waals surface area contributed by atoms with Crippen LogP contribution in [0.3, 0.4) is 0 Å². The van der Waals surface area contributed by atoms with Crippen LogP contribution < -0.4 is 15.2 Å². The summed E-state index contributed by atoms with van der Waals surface area (Å²) in [4.78, 5) is 0. The van der Waals surface area contributed by atoms with Crippen molar-refractivity contribution in [2.75, 3.05) is 0 Å². The van der Waals surface area contributed by atoms with Gasteiger partial charge in [0.1, 0.15) is 0 Å². The molecule has 1 aromatic carbocycles. The number of nitrogens with two attached hydrogens (primary N) is 1. The molecule has 7 heteroatoms. The molecule has 0 saturated carbocycles. The van der Waals surface area contributed by atoms with Crippen LogP contribution in [-0.4, -0.2) is 19.3 Å². The monoisotopic (exact) mass is 267 g/mol. The van der Waals surface area contributed by atoms with Crippen molar-refractivity contribution in [2.45, 2.75) is 32.6 Å². The van der Waals surface area contributed by atoms with Crippen molar-refractivity contribution in [3.8, 4) is 11.5 Å². The predicted molar refractivity (Wildman–Crippen MR) is 57.1 cm³/mol. The highest BCUT2D eigenvalue weighted by molar-refractivity contribution is 5.43. The van der Waals surface area contributed by atoms with E-state index in [1.165, 1.54) is 12.1 Å². The summed E-state index contributed by atoms with van der Waals surface area (Å²) in [5.41, 5.74) is 6.15. The lowest BCUT2D eigenvalue weighted by Crippen LogP contribution is -2.18. The molecule has 2 N–H and O–H groups in total. The molecule has 3 nitrogen and oxygen atoms in total. The largest absolute Gasteiger partial charge is 0.431 e. The van der Waals surface area contributed by atoms with Crippen LogP contribution in [-0.2, 0) is 6.42 Å². The first-order valence-electron chi connectivity index (χ1n) is 5.16. The van der Waals surface area contributed by atoms with Crippen molar-refractivity contribution in [2.24, 2.45) is 5.73 Å². The molecule has 1 unspecified atom stereocenters. The van der Waals surface area contributed by atoms with Crippen LogP contribution >= 0.6 is 0 Å². The highest BCUT2D eigenvalue weighted by atomic mass is 19.3. The van der Waals surface area contributed by atoms with E-state index in [1.807, 2.05) is 0 Å². The predicted octanol–water partition coefficient (Wildman–Crippen LogP) is 2.78. The maximum Gasteiger partial charge on any atom is 0.387 e. The van der Waals surface area contributed by atoms with Crippen LogP contribution in [0.1, 0.15) is 12.5 Å². The Morgan fingerprint density at radius 2 is 1.61 bits per heavy atom. The Morgan fingerprint density at radius 1 is 1.06 bits per heavy atom. The second-order valence-electron chi connectivity index (χ2n) is 3.72. The zero-order chi connectivity index (χ0) is 13.7. The molecular weight excluding hydrogens is 254 g/mol. The summed E-state index contributed by atoms with van der Waals surface area (Å²) in [5.74, 6) is -0.859. The lowest BCUT2D eigenvalue weighted by atomic mass is 10.1. The summed E-state index contributed by atoms with van der Waals surface area (Å²) >= 11 is 0. The zero-order valence-corrected chi connectivity index (χ0v) is 9.58. The molecule has 0 aromatic heterocycles. The topological polar surface area (TPSA) is 44.5 Å². The van der Waals surface area contributed by atoms with Gasteiger partial charge in [0, 0.05) is 6.04 Å². The van der Waals surface area contributed by atoms with Gasteiger partial charge in [0.15, 0.2) is 11.5 Å². The SMILES string of the molecule is CC(N)Cc1ccc(OC(F)F)c(OC(F)F)c1. The van der Waals surface area contributed by atoms with Gasteiger partial charge < -0.3 is 15.2 Å². The van der Waals surface area contributed by atoms with E-state index >= 15 is 0 Å². The third-order valence-corrected chi connectivity index (χ3v) is 2.00. The number of benzene rings is 1. The molecule has 18 heavy (non-hydrogen) atoms. The van der Waals surface area contributed by atoms with E-state index < -0.39 is 24.7 Å².